The van der Waals surface area contributed by atoms with Crippen molar-refractivity contribution in [1.29, 1.82) is 0 Å². The minimum Gasteiger partial charge on any atom is -0.416 e. The molecule has 1 atom stereocenters. The molecule has 1 aliphatic heterocycles. The highest BCUT2D eigenvalue weighted by molar-refractivity contribution is 7.99. The van der Waals surface area contributed by atoms with Gasteiger partial charge in [-0.3, -0.25) is 4.79 Å². The Morgan fingerprint density at radius 2 is 2.29 bits per heavy atom. The summed E-state index contributed by atoms with van der Waals surface area (Å²) in [6.07, 6.45) is 0.529. The molecule has 8 heteroatoms. The highest BCUT2D eigenvalue weighted by atomic mass is 32.2. The van der Waals surface area contributed by atoms with Crippen LogP contribution in [0.2, 0.25) is 0 Å². The van der Waals surface area contributed by atoms with Crippen LogP contribution in [0.3, 0.4) is 0 Å². The van der Waals surface area contributed by atoms with Crippen LogP contribution in [0.5, 0.6) is 0 Å². The monoisotopic (exact) mass is 276 g/mol. The van der Waals surface area contributed by atoms with Gasteiger partial charge in [0.2, 0.25) is 5.89 Å². The minimum absolute atomic E-state index is 0.0261. The number of thioether (sulfide) groups is 1. The lowest BCUT2D eigenvalue weighted by atomic mass is 10.1. The van der Waals surface area contributed by atoms with Gasteiger partial charge in [-0.15, -0.1) is 10.2 Å². The molecule has 6 nitrogen and oxygen atoms in total. The number of aromatic nitrogens is 2. The molecule has 0 aromatic carbocycles. The number of hydrogen-bond donors (Lipinski definition) is 0. The highest BCUT2D eigenvalue weighted by Gasteiger charge is 2.32. The third-order valence-corrected chi connectivity index (χ3v) is 5.13. The van der Waals surface area contributed by atoms with E-state index < -0.39 is 9.84 Å². The maximum Gasteiger partial charge on any atom is 0.277 e. The van der Waals surface area contributed by atoms with Gasteiger partial charge >= 0.3 is 0 Å². The molecule has 0 spiro atoms. The zero-order chi connectivity index (χ0) is 12.5. The van der Waals surface area contributed by atoms with E-state index in [0.717, 1.165) is 0 Å². The number of ketones is 1. The first kappa shape index (κ1) is 12.6. The van der Waals surface area contributed by atoms with Gasteiger partial charge in [0.05, 0.1) is 23.2 Å². The second-order valence-electron chi connectivity index (χ2n) is 4.00. The third-order valence-electron chi connectivity index (χ3n) is 2.40. The van der Waals surface area contributed by atoms with Crippen molar-refractivity contribution in [3.63, 3.8) is 0 Å². The van der Waals surface area contributed by atoms with Gasteiger partial charge in [0.15, 0.2) is 9.84 Å². The second kappa shape index (κ2) is 4.77. The van der Waals surface area contributed by atoms with Gasteiger partial charge in [0, 0.05) is 0 Å². The first-order chi connectivity index (χ1) is 7.96. The predicted octanol–water partition coefficient (Wildman–Crippen LogP) is 0.653. The van der Waals surface area contributed by atoms with Gasteiger partial charge in [-0.2, -0.15) is 0 Å². The summed E-state index contributed by atoms with van der Waals surface area (Å²) in [6, 6.07) is 0. The molecule has 1 aromatic heterocycles. The van der Waals surface area contributed by atoms with Gasteiger partial charge in [0.1, 0.15) is 5.78 Å². The van der Waals surface area contributed by atoms with E-state index in [0.29, 0.717) is 17.5 Å². The maximum atomic E-state index is 11.3. The Balaban J connectivity index is 2.01. The number of hydrogen-bond acceptors (Lipinski definition) is 7. The molecule has 1 saturated heterocycles. The molecule has 1 aliphatic rings. The zero-order valence-electron chi connectivity index (χ0n) is 9.25. The second-order valence-corrected chi connectivity index (χ2v) is 7.15. The van der Waals surface area contributed by atoms with Crippen molar-refractivity contribution < 1.29 is 17.6 Å². The molecule has 1 fully saturated rings. The summed E-state index contributed by atoms with van der Waals surface area (Å²) < 4.78 is 27.9. The number of carbonyl (C=O) groups is 1. The van der Waals surface area contributed by atoms with E-state index >= 15 is 0 Å². The molecule has 17 heavy (non-hydrogen) atoms. The summed E-state index contributed by atoms with van der Waals surface area (Å²) in [5.41, 5.74) is 0. The Morgan fingerprint density at radius 1 is 1.53 bits per heavy atom. The Bertz CT molecular complexity index is 523. The zero-order valence-corrected chi connectivity index (χ0v) is 10.9. The Morgan fingerprint density at radius 3 is 2.88 bits per heavy atom. The van der Waals surface area contributed by atoms with Crippen molar-refractivity contribution in [2.45, 2.75) is 24.5 Å². The van der Waals surface area contributed by atoms with Crippen LogP contribution in [0.4, 0.5) is 0 Å². The van der Waals surface area contributed by atoms with Crippen LogP contribution < -0.4 is 0 Å². The molecule has 0 bridgehead atoms. The van der Waals surface area contributed by atoms with Gasteiger partial charge in [-0.05, 0) is 13.3 Å². The van der Waals surface area contributed by atoms with E-state index in [4.69, 9.17) is 4.42 Å². The quantitative estimate of drug-likeness (QED) is 0.746. The van der Waals surface area contributed by atoms with E-state index in [1.165, 1.54) is 18.7 Å². The van der Waals surface area contributed by atoms with Crippen LogP contribution in [-0.2, 0) is 14.6 Å². The Kier molecular flexibility index (Phi) is 3.53. The number of rotatable bonds is 4. The smallest absolute Gasteiger partial charge is 0.277 e. The maximum absolute atomic E-state index is 11.3. The minimum atomic E-state index is -2.95. The normalized spacial score (nSPS) is 22.8. The predicted molar refractivity (Wildman–Crippen MR) is 61.7 cm³/mol. The summed E-state index contributed by atoms with van der Waals surface area (Å²) in [5, 5.41) is 7.93. The summed E-state index contributed by atoms with van der Waals surface area (Å²) in [5.74, 6) is 0.724. The van der Waals surface area contributed by atoms with Crippen LogP contribution in [0.25, 0.3) is 0 Å². The fourth-order valence-electron chi connectivity index (χ4n) is 1.60. The van der Waals surface area contributed by atoms with E-state index in [1.54, 1.807) is 0 Å². The molecular weight excluding hydrogens is 264 g/mol. The van der Waals surface area contributed by atoms with Crippen molar-refractivity contribution in [3.05, 3.63) is 5.89 Å². The van der Waals surface area contributed by atoms with E-state index in [-0.39, 0.29) is 29.0 Å². The largest absolute Gasteiger partial charge is 0.416 e. The fraction of sp³-hybridized carbons (Fsp3) is 0.667. The lowest BCUT2D eigenvalue weighted by molar-refractivity contribution is -0.114. The fourth-order valence-corrected chi connectivity index (χ4v) is 3.90. The first-order valence-electron chi connectivity index (χ1n) is 5.12. The Hall–Kier alpha value is -0.890. The number of Topliss-reactive ketones (excluding diaryl/α,β-unsaturated/α-hetero) is 1. The van der Waals surface area contributed by atoms with Crippen molar-refractivity contribution in [2.24, 2.45) is 0 Å². The van der Waals surface area contributed by atoms with E-state index in [9.17, 15) is 13.2 Å². The number of sulfone groups is 1. The highest BCUT2D eigenvalue weighted by Crippen LogP contribution is 2.29. The van der Waals surface area contributed by atoms with Crippen molar-refractivity contribution >= 4 is 27.4 Å². The molecule has 0 aliphatic carbocycles. The lowest BCUT2D eigenvalue weighted by Crippen LogP contribution is -2.03. The molecule has 0 unspecified atom stereocenters. The molecule has 0 N–H and O–H groups in total. The van der Waals surface area contributed by atoms with E-state index in [2.05, 4.69) is 10.2 Å². The first-order valence-corrected chi connectivity index (χ1v) is 7.93. The molecular formula is C9H12N2O4S2. The molecule has 94 valence electrons. The van der Waals surface area contributed by atoms with Crippen LogP contribution in [-0.4, -0.2) is 41.7 Å². The van der Waals surface area contributed by atoms with E-state index in [1.807, 2.05) is 0 Å². The average molecular weight is 276 g/mol. The van der Waals surface area contributed by atoms with Gasteiger partial charge in [0.25, 0.3) is 5.22 Å². The number of nitrogens with zero attached hydrogens (tertiary/aromatic N) is 2. The van der Waals surface area contributed by atoms with Crippen LogP contribution in [0.1, 0.15) is 25.2 Å². The molecule has 0 saturated carbocycles. The van der Waals surface area contributed by atoms with Gasteiger partial charge in [-0.25, -0.2) is 8.42 Å². The molecule has 2 heterocycles. The standard InChI is InChI=1S/C9H12N2O4S2/c1-6(12)4-16-9-11-10-8(15-9)7-2-3-17(13,14)5-7/h7H,2-5H2,1H3/t7-/m1/s1. The van der Waals surface area contributed by atoms with Crippen molar-refractivity contribution in [1.82, 2.24) is 10.2 Å². The summed E-state index contributed by atoms with van der Waals surface area (Å²) >= 11 is 1.17. The van der Waals surface area contributed by atoms with Crippen molar-refractivity contribution in [3.8, 4) is 0 Å². The van der Waals surface area contributed by atoms with Crippen LogP contribution in [0, 0.1) is 0 Å². The SMILES string of the molecule is CC(=O)CSc1nnc([C@@H]2CCS(=O)(=O)C2)o1. The molecule has 0 amide bonds. The summed E-state index contributed by atoms with van der Waals surface area (Å²) in [4.78, 5) is 10.8. The topological polar surface area (TPSA) is 90.1 Å². The third kappa shape index (κ3) is 3.29. The van der Waals surface area contributed by atoms with Gasteiger partial charge in [-0.1, -0.05) is 11.8 Å². The van der Waals surface area contributed by atoms with Crippen molar-refractivity contribution in [2.75, 3.05) is 17.3 Å². The molecule has 2 rings (SSSR count). The average Bonchev–Trinajstić information content (AvgIpc) is 2.81. The summed E-state index contributed by atoms with van der Waals surface area (Å²) in [6.45, 7) is 1.48. The van der Waals surface area contributed by atoms with Gasteiger partial charge < -0.3 is 4.42 Å². The number of carbonyl (C=O) groups excluding carboxylic acids is 1. The lowest BCUT2D eigenvalue weighted by Gasteiger charge is -1.98. The summed E-state index contributed by atoms with van der Waals surface area (Å²) in [7, 11) is -2.95. The molecule has 1 aromatic rings. The Labute approximate surface area is 103 Å². The molecule has 0 radical (unpaired) electrons. The van der Waals surface area contributed by atoms with Crippen LogP contribution >= 0.6 is 11.8 Å². The van der Waals surface area contributed by atoms with Crippen LogP contribution in [0.15, 0.2) is 9.64 Å².